The van der Waals surface area contributed by atoms with Gasteiger partial charge in [0.2, 0.25) is 5.82 Å². The number of quaternary nitrogens is 1. The summed E-state index contributed by atoms with van der Waals surface area (Å²) in [6.07, 6.45) is 2.35. The van der Waals surface area contributed by atoms with Crippen molar-refractivity contribution >= 4 is 10.9 Å². The van der Waals surface area contributed by atoms with E-state index in [9.17, 15) is 4.79 Å². The van der Waals surface area contributed by atoms with E-state index >= 15 is 0 Å². The molecule has 2 N–H and O–H groups in total. The lowest BCUT2D eigenvalue weighted by atomic mass is 9.95. The molecule has 0 saturated carbocycles. The first kappa shape index (κ1) is 20.5. The minimum Gasteiger partial charge on any atom is -0.497 e. The number of hydrogen-bond donors (Lipinski definition) is 2. The smallest absolute Gasteiger partial charge is 0.258 e. The van der Waals surface area contributed by atoms with E-state index in [-0.39, 0.29) is 17.1 Å². The molecule has 1 unspecified atom stereocenters. The van der Waals surface area contributed by atoms with Crippen molar-refractivity contribution in [1.29, 1.82) is 0 Å². The molecule has 4 rings (SSSR count). The number of rotatable bonds is 4. The second-order valence-electron chi connectivity index (χ2n) is 9.42. The molecule has 0 radical (unpaired) electrons. The van der Waals surface area contributed by atoms with Gasteiger partial charge in [-0.05, 0) is 67.6 Å². The molecule has 1 aliphatic heterocycles. The molecule has 1 saturated heterocycles. The highest BCUT2D eigenvalue weighted by Gasteiger charge is 2.38. The summed E-state index contributed by atoms with van der Waals surface area (Å²) in [4.78, 5) is 17.7. The number of tetrazole rings is 1. The largest absolute Gasteiger partial charge is 0.497 e. The summed E-state index contributed by atoms with van der Waals surface area (Å²) in [6, 6.07) is 7.51. The van der Waals surface area contributed by atoms with Crippen LogP contribution in [-0.2, 0) is 5.54 Å². The number of nitrogens with zero attached hydrogens (tertiary/aromatic N) is 4. The molecule has 8 heteroatoms. The second kappa shape index (κ2) is 7.83. The van der Waals surface area contributed by atoms with Gasteiger partial charge in [0.1, 0.15) is 5.75 Å². The molecule has 1 aromatic carbocycles. The van der Waals surface area contributed by atoms with Crippen molar-refractivity contribution in [3.05, 3.63) is 46.0 Å². The van der Waals surface area contributed by atoms with Crippen molar-refractivity contribution in [3.63, 3.8) is 0 Å². The van der Waals surface area contributed by atoms with Crippen LogP contribution >= 0.6 is 0 Å². The standard InChI is InChI=1S/C22H30N6O2/c1-14-7-6-10-27(13-14)19(20-24-25-26-28(20)22(2,3)4)17-11-15-8-9-16(30-5)12-18(15)23-21(17)29/h8-9,11-12,14,19H,6-7,10,13H2,1-5H3,(H,23,29)/p+1/t14-,19-/m1/s1. The van der Waals surface area contributed by atoms with Crippen LogP contribution in [0.1, 0.15) is 58.0 Å². The molecule has 8 nitrogen and oxygen atoms in total. The van der Waals surface area contributed by atoms with E-state index in [0.29, 0.717) is 11.5 Å². The lowest BCUT2D eigenvalue weighted by molar-refractivity contribution is -0.934. The molecule has 2 aromatic heterocycles. The first-order valence-electron chi connectivity index (χ1n) is 10.6. The van der Waals surface area contributed by atoms with Crippen LogP contribution in [0.15, 0.2) is 29.1 Å². The molecule has 0 aliphatic carbocycles. The van der Waals surface area contributed by atoms with Crippen molar-refractivity contribution in [2.24, 2.45) is 5.92 Å². The fourth-order valence-electron chi connectivity index (χ4n) is 4.52. The first-order valence-corrected chi connectivity index (χ1v) is 10.6. The molecular formula is C22H31N6O2+. The molecule has 3 aromatic rings. The number of pyridine rings is 1. The second-order valence-corrected chi connectivity index (χ2v) is 9.42. The summed E-state index contributed by atoms with van der Waals surface area (Å²) < 4.78 is 7.17. The van der Waals surface area contributed by atoms with Gasteiger partial charge in [0, 0.05) is 12.0 Å². The predicted octanol–water partition coefficient (Wildman–Crippen LogP) is 1.68. The fourth-order valence-corrected chi connectivity index (χ4v) is 4.52. The number of H-pyrrole nitrogens is 1. The Hall–Kier alpha value is -2.74. The molecular weight excluding hydrogens is 380 g/mol. The van der Waals surface area contributed by atoms with E-state index in [1.165, 1.54) is 11.3 Å². The number of ether oxygens (including phenoxy) is 1. The quantitative estimate of drug-likeness (QED) is 0.682. The summed E-state index contributed by atoms with van der Waals surface area (Å²) in [6.45, 7) is 10.5. The van der Waals surface area contributed by atoms with Crippen LogP contribution in [0.25, 0.3) is 10.9 Å². The summed E-state index contributed by atoms with van der Waals surface area (Å²) in [5.74, 6) is 2.05. The Kier molecular flexibility index (Phi) is 5.36. The van der Waals surface area contributed by atoms with Crippen LogP contribution in [0.3, 0.4) is 0 Å². The van der Waals surface area contributed by atoms with Crippen LogP contribution in [0.2, 0.25) is 0 Å². The maximum atomic E-state index is 13.3. The van der Waals surface area contributed by atoms with Gasteiger partial charge in [0.15, 0.2) is 6.04 Å². The summed E-state index contributed by atoms with van der Waals surface area (Å²) in [5.41, 5.74) is 1.08. The molecule has 0 amide bonds. The number of benzene rings is 1. The Morgan fingerprint density at radius 2 is 2.10 bits per heavy atom. The number of piperidine rings is 1. The highest BCUT2D eigenvalue weighted by Crippen LogP contribution is 2.25. The molecule has 0 spiro atoms. The number of likely N-dealkylation sites (tertiary alicyclic amines) is 1. The van der Waals surface area contributed by atoms with Crippen LogP contribution < -0.4 is 15.2 Å². The van der Waals surface area contributed by atoms with Gasteiger partial charge >= 0.3 is 0 Å². The number of aromatic amines is 1. The number of fused-ring (bicyclic) bond motifs is 1. The number of hydrogen-bond acceptors (Lipinski definition) is 5. The van der Waals surface area contributed by atoms with Crippen molar-refractivity contribution in [2.45, 2.75) is 52.1 Å². The molecule has 3 heterocycles. The zero-order valence-electron chi connectivity index (χ0n) is 18.4. The lowest BCUT2D eigenvalue weighted by Crippen LogP contribution is -3.14. The zero-order chi connectivity index (χ0) is 21.5. The normalized spacial score (nSPS) is 21.0. The molecule has 1 fully saturated rings. The van der Waals surface area contributed by atoms with E-state index < -0.39 is 0 Å². The Morgan fingerprint density at radius 1 is 1.30 bits per heavy atom. The van der Waals surface area contributed by atoms with Crippen LogP contribution in [0.5, 0.6) is 5.75 Å². The number of aromatic nitrogens is 5. The predicted molar refractivity (Wildman–Crippen MR) is 115 cm³/mol. The third-order valence-corrected chi connectivity index (χ3v) is 5.99. The van der Waals surface area contributed by atoms with Crippen LogP contribution in [0, 0.1) is 5.92 Å². The Labute approximate surface area is 176 Å². The van der Waals surface area contributed by atoms with Crippen LogP contribution in [0.4, 0.5) is 0 Å². The highest BCUT2D eigenvalue weighted by atomic mass is 16.5. The van der Waals surface area contributed by atoms with Gasteiger partial charge in [0.05, 0.1) is 36.8 Å². The number of methoxy groups -OCH3 is 1. The zero-order valence-corrected chi connectivity index (χ0v) is 18.4. The monoisotopic (exact) mass is 411 g/mol. The van der Waals surface area contributed by atoms with Crippen molar-refractivity contribution in [3.8, 4) is 5.75 Å². The van der Waals surface area contributed by atoms with Gasteiger partial charge in [0.25, 0.3) is 5.56 Å². The molecule has 30 heavy (non-hydrogen) atoms. The minimum atomic E-state index is -0.283. The van der Waals surface area contributed by atoms with E-state index in [2.05, 4.69) is 48.2 Å². The minimum absolute atomic E-state index is 0.102. The summed E-state index contributed by atoms with van der Waals surface area (Å²) in [7, 11) is 1.62. The van der Waals surface area contributed by atoms with Crippen molar-refractivity contribution < 1.29 is 9.64 Å². The Balaban J connectivity index is 1.89. The van der Waals surface area contributed by atoms with Gasteiger partial charge in [-0.3, -0.25) is 4.79 Å². The topological polar surface area (TPSA) is 90.1 Å². The third-order valence-electron chi connectivity index (χ3n) is 5.99. The van der Waals surface area contributed by atoms with Crippen molar-refractivity contribution in [1.82, 2.24) is 25.2 Å². The van der Waals surface area contributed by atoms with E-state index in [0.717, 1.165) is 42.0 Å². The maximum Gasteiger partial charge on any atom is 0.258 e. The van der Waals surface area contributed by atoms with E-state index in [1.807, 2.05) is 28.9 Å². The number of nitrogens with one attached hydrogen (secondary N) is 2. The van der Waals surface area contributed by atoms with E-state index in [1.54, 1.807) is 7.11 Å². The molecule has 3 atom stereocenters. The van der Waals surface area contributed by atoms with E-state index in [4.69, 9.17) is 4.74 Å². The van der Waals surface area contributed by atoms with Gasteiger partial charge in [-0.1, -0.05) is 6.92 Å². The third kappa shape index (κ3) is 3.84. The van der Waals surface area contributed by atoms with Gasteiger partial charge in [-0.2, -0.15) is 0 Å². The van der Waals surface area contributed by atoms with Gasteiger partial charge in [-0.15, -0.1) is 5.10 Å². The fraction of sp³-hybridized carbons (Fsp3) is 0.545. The van der Waals surface area contributed by atoms with Gasteiger partial charge in [-0.25, -0.2) is 4.68 Å². The molecule has 0 bridgehead atoms. The average Bonchev–Trinajstić information content (AvgIpc) is 3.18. The maximum absolute atomic E-state index is 13.3. The lowest BCUT2D eigenvalue weighted by Gasteiger charge is -2.34. The summed E-state index contributed by atoms with van der Waals surface area (Å²) in [5, 5.41) is 13.6. The Bertz CT molecular complexity index is 1100. The van der Waals surface area contributed by atoms with Crippen LogP contribution in [-0.4, -0.2) is 45.4 Å². The summed E-state index contributed by atoms with van der Waals surface area (Å²) >= 11 is 0. The SMILES string of the molecule is COc1ccc2cc([C@H](c3nnnn3C(C)(C)C)[NH+]3CCC[C@@H](C)C3)c(=O)[nH]c2c1. The van der Waals surface area contributed by atoms with Crippen molar-refractivity contribution in [2.75, 3.05) is 20.2 Å². The highest BCUT2D eigenvalue weighted by molar-refractivity contribution is 5.80. The molecule has 160 valence electrons. The average molecular weight is 412 g/mol. The Morgan fingerprint density at radius 3 is 2.80 bits per heavy atom. The first-order chi connectivity index (χ1) is 14.3. The van der Waals surface area contributed by atoms with Gasteiger partial charge < -0.3 is 14.6 Å². The molecule has 1 aliphatic rings.